The molecule has 1 amide bonds. The van der Waals surface area contributed by atoms with Crippen LogP contribution in [0.1, 0.15) is 6.42 Å². The van der Waals surface area contributed by atoms with Gasteiger partial charge in [-0.2, -0.15) is 0 Å². The number of nitrogens with zero attached hydrogens (tertiary/aromatic N) is 1. The number of nitrogens with one attached hydrogen (secondary N) is 1. The molecule has 0 spiro atoms. The van der Waals surface area contributed by atoms with E-state index in [0.717, 1.165) is 0 Å². The Morgan fingerprint density at radius 3 is 2.59 bits per heavy atom. The van der Waals surface area contributed by atoms with Gasteiger partial charge >= 0.3 is 5.97 Å². The zero-order chi connectivity index (χ0) is 16.8. The highest BCUT2D eigenvalue weighted by Crippen LogP contribution is 2.15. The summed E-state index contributed by atoms with van der Waals surface area (Å²) in [6.45, 7) is -0.464. The third kappa shape index (κ3) is 6.12. The van der Waals surface area contributed by atoms with Gasteiger partial charge in [-0.15, -0.1) is 0 Å². The van der Waals surface area contributed by atoms with E-state index >= 15 is 0 Å². The van der Waals surface area contributed by atoms with Gasteiger partial charge in [-0.05, 0) is 18.2 Å². The number of sulfonamides is 1. The van der Waals surface area contributed by atoms with Gasteiger partial charge in [-0.25, -0.2) is 13.1 Å². The summed E-state index contributed by atoms with van der Waals surface area (Å²) in [4.78, 5) is 24.0. The molecule has 0 heterocycles. The predicted octanol–water partition coefficient (Wildman–Crippen LogP) is 0.749. The number of amides is 1. The molecule has 0 saturated carbocycles. The molecular formula is C13H17BrN2O5S. The lowest BCUT2D eigenvalue weighted by molar-refractivity contribution is -0.150. The van der Waals surface area contributed by atoms with E-state index in [2.05, 4.69) is 20.7 Å². The third-order valence-electron chi connectivity index (χ3n) is 2.58. The van der Waals surface area contributed by atoms with Crippen molar-refractivity contribution in [1.29, 1.82) is 0 Å². The topological polar surface area (TPSA) is 92.8 Å². The number of carbonyl (C=O) groups excluding carboxylic acids is 2. The van der Waals surface area contributed by atoms with Crippen LogP contribution in [0.4, 0.5) is 0 Å². The molecule has 0 fully saturated rings. The Kier molecular flexibility index (Phi) is 6.98. The number of ether oxygens (including phenoxy) is 1. The van der Waals surface area contributed by atoms with Crippen molar-refractivity contribution < 1.29 is 22.7 Å². The van der Waals surface area contributed by atoms with Crippen LogP contribution in [-0.2, 0) is 24.3 Å². The fourth-order valence-corrected chi connectivity index (χ4v) is 2.98. The van der Waals surface area contributed by atoms with Gasteiger partial charge in [0.15, 0.2) is 6.61 Å². The van der Waals surface area contributed by atoms with E-state index in [0.29, 0.717) is 4.47 Å². The summed E-state index contributed by atoms with van der Waals surface area (Å²) in [5.74, 6) is -0.991. The van der Waals surface area contributed by atoms with Gasteiger partial charge < -0.3 is 9.64 Å². The van der Waals surface area contributed by atoms with Crippen molar-refractivity contribution in [1.82, 2.24) is 9.62 Å². The van der Waals surface area contributed by atoms with Crippen LogP contribution in [0.2, 0.25) is 0 Å². The van der Waals surface area contributed by atoms with Gasteiger partial charge in [0.1, 0.15) is 0 Å². The van der Waals surface area contributed by atoms with Crippen LogP contribution in [-0.4, -0.2) is 52.4 Å². The van der Waals surface area contributed by atoms with E-state index in [1.54, 1.807) is 26.2 Å². The minimum absolute atomic E-state index is 0.0954. The molecule has 22 heavy (non-hydrogen) atoms. The fraction of sp³-hybridized carbons (Fsp3) is 0.385. The molecule has 1 rings (SSSR count). The largest absolute Gasteiger partial charge is 0.456 e. The quantitative estimate of drug-likeness (QED) is 0.691. The summed E-state index contributed by atoms with van der Waals surface area (Å²) in [7, 11) is -0.598. The van der Waals surface area contributed by atoms with Gasteiger partial charge in [0.2, 0.25) is 10.0 Å². The lowest BCUT2D eigenvalue weighted by atomic mass is 10.4. The minimum Gasteiger partial charge on any atom is -0.456 e. The molecule has 0 atom stereocenters. The SMILES string of the molecule is CN(C)C(=O)COC(=O)CCNS(=O)(=O)c1cccc(Br)c1. The Balaban J connectivity index is 2.43. The summed E-state index contributed by atoms with van der Waals surface area (Å²) < 4.78 is 31.6. The number of esters is 1. The van der Waals surface area contributed by atoms with Crippen molar-refractivity contribution in [2.45, 2.75) is 11.3 Å². The van der Waals surface area contributed by atoms with Crippen LogP contribution in [0.25, 0.3) is 0 Å². The van der Waals surface area contributed by atoms with Gasteiger partial charge in [0, 0.05) is 25.1 Å². The van der Waals surface area contributed by atoms with Crippen LogP contribution in [0.3, 0.4) is 0 Å². The van der Waals surface area contributed by atoms with Gasteiger partial charge in [0.05, 0.1) is 11.3 Å². The highest BCUT2D eigenvalue weighted by atomic mass is 79.9. The molecule has 7 nitrogen and oxygen atoms in total. The molecule has 9 heteroatoms. The summed E-state index contributed by atoms with van der Waals surface area (Å²) >= 11 is 3.19. The Hall–Kier alpha value is -1.45. The Labute approximate surface area is 137 Å². The molecule has 1 aromatic rings. The Morgan fingerprint density at radius 2 is 2.00 bits per heavy atom. The van der Waals surface area contributed by atoms with Crippen LogP contribution in [0, 0.1) is 0 Å². The first-order valence-corrected chi connectivity index (χ1v) is 8.61. The number of hydrogen-bond donors (Lipinski definition) is 1. The molecule has 1 N–H and O–H groups in total. The maximum Gasteiger partial charge on any atom is 0.307 e. The first-order valence-electron chi connectivity index (χ1n) is 6.33. The highest BCUT2D eigenvalue weighted by Gasteiger charge is 2.15. The van der Waals surface area contributed by atoms with E-state index in [4.69, 9.17) is 4.74 Å². The standard InChI is InChI=1S/C13H17BrN2O5S/c1-16(2)12(17)9-21-13(18)6-7-15-22(19,20)11-5-3-4-10(14)8-11/h3-5,8,15H,6-7,9H2,1-2H3. The van der Waals surface area contributed by atoms with E-state index in [-0.39, 0.29) is 30.4 Å². The second-order valence-corrected chi connectivity index (χ2v) is 7.24. The van der Waals surface area contributed by atoms with E-state index in [1.165, 1.54) is 17.0 Å². The van der Waals surface area contributed by atoms with Crippen LogP contribution in [0.5, 0.6) is 0 Å². The lowest BCUT2D eigenvalue weighted by Crippen LogP contribution is -2.29. The minimum atomic E-state index is -3.69. The number of hydrogen-bond acceptors (Lipinski definition) is 5. The molecule has 0 aliphatic carbocycles. The predicted molar refractivity (Wildman–Crippen MR) is 83.6 cm³/mol. The number of carbonyl (C=O) groups is 2. The van der Waals surface area contributed by atoms with Gasteiger partial charge in [-0.3, -0.25) is 9.59 Å². The summed E-state index contributed by atoms with van der Waals surface area (Å²) in [6, 6.07) is 6.20. The van der Waals surface area contributed by atoms with E-state index in [1.807, 2.05) is 0 Å². The Morgan fingerprint density at radius 1 is 1.32 bits per heavy atom. The molecule has 0 aromatic heterocycles. The summed E-state index contributed by atoms with van der Waals surface area (Å²) in [5.41, 5.74) is 0. The van der Waals surface area contributed by atoms with Crippen molar-refractivity contribution >= 4 is 37.8 Å². The summed E-state index contributed by atoms with van der Waals surface area (Å²) in [6.07, 6.45) is -0.159. The van der Waals surface area contributed by atoms with Crippen LogP contribution >= 0.6 is 15.9 Å². The maximum atomic E-state index is 12.0. The lowest BCUT2D eigenvalue weighted by Gasteiger charge is -2.10. The van der Waals surface area contributed by atoms with Crippen molar-refractivity contribution in [3.63, 3.8) is 0 Å². The second-order valence-electron chi connectivity index (χ2n) is 4.55. The smallest absolute Gasteiger partial charge is 0.307 e. The van der Waals surface area contributed by atoms with Crippen molar-refractivity contribution in [3.05, 3.63) is 28.7 Å². The molecule has 0 unspecified atom stereocenters. The maximum absolute atomic E-state index is 12.0. The fourth-order valence-electron chi connectivity index (χ4n) is 1.35. The molecule has 0 aliphatic heterocycles. The monoisotopic (exact) mass is 392 g/mol. The molecule has 0 radical (unpaired) electrons. The Bertz CT molecular complexity index is 646. The number of benzene rings is 1. The number of likely N-dealkylation sites (N-methyl/N-ethyl adjacent to an activating group) is 1. The first-order chi connectivity index (χ1) is 10.2. The third-order valence-corrected chi connectivity index (χ3v) is 4.53. The molecule has 1 aromatic carbocycles. The molecular weight excluding hydrogens is 376 g/mol. The van der Waals surface area contributed by atoms with Gasteiger partial charge in [-0.1, -0.05) is 22.0 Å². The number of halogens is 1. The highest BCUT2D eigenvalue weighted by molar-refractivity contribution is 9.10. The zero-order valence-electron chi connectivity index (χ0n) is 12.2. The number of rotatable bonds is 7. The van der Waals surface area contributed by atoms with Crippen molar-refractivity contribution in [3.8, 4) is 0 Å². The van der Waals surface area contributed by atoms with E-state index in [9.17, 15) is 18.0 Å². The normalized spacial score (nSPS) is 11.0. The molecule has 0 bridgehead atoms. The van der Waals surface area contributed by atoms with Gasteiger partial charge in [0.25, 0.3) is 5.91 Å². The first kappa shape index (κ1) is 18.6. The second kappa shape index (κ2) is 8.25. The molecule has 0 aliphatic rings. The van der Waals surface area contributed by atoms with Crippen molar-refractivity contribution in [2.24, 2.45) is 0 Å². The average Bonchev–Trinajstić information content (AvgIpc) is 2.44. The van der Waals surface area contributed by atoms with Crippen LogP contribution < -0.4 is 4.72 Å². The van der Waals surface area contributed by atoms with Crippen LogP contribution in [0.15, 0.2) is 33.6 Å². The van der Waals surface area contributed by atoms with E-state index < -0.39 is 16.0 Å². The summed E-state index contributed by atoms with van der Waals surface area (Å²) in [5, 5.41) is 0. The average molecular weight is 393 g/mol. The van der Waals surface area contributed by atoms with Crippen molar-refractivity contribution in [2.75, 3.05) is 27.2 Å². The zero-order valence-corrected chi connectivity index (χ0v) is 14.6. The molecule has 0 saturated heterocycles. The molecule has 122 valence electrons.